The molecule has 0 heterocycles. The minimum atomic E-state index is -1.52. The Morgan fingerprint density at radius 3 is 1.73 bits per heavy atom. The highest BCUT2D eigenvalue weighted by Gasteiger charge is 2.25. The van der Waals surface area contributed by atoms with Crippen molar-refractivity contribution in [3.63, 3.8) is 0 Å². The Kier molecular flexibility index (Phi) is 39.6. The molecule has 2 aromatic rings. The number of aldehydes is 1. The lowest BCUT2D eigenvalue weighted by molar-refractivity contribution is -0.106. The zero-order valence-electron chi connectivity index (χ0n) is 38.5. The Balaban J connectivity index is -0.000000413. The van der Waals surface area contributed by atoms with E-state index in [0.29, 0.717) is 22.8 Å². The molecular formula is C51H87F2NO2. The van der Waals surface area contributed by atoms with Gasteiger partial charge in [0.1, 0.15) is 17.6 Å². The van der Waals surface area contributed by atoms with Crippen LogP contribution in [0.2, 0.25) is 0 Å². The summed E-state index contributed by atoms with van der Waals surface area (Å²) in [4.78, 5) is 13.4. The standard InChI is InChI=1S/C35H45F2N.C4H10.C3H6.C2H6O.C2H4O.2C2H6.CH4/c1-10-38-33(19-24(3)34(6,7)36)32-22-30(35(8,9)37)17-18-31(32)29(20-27-13-11-12-14-27)21-28-16-15-23(2)25(4)26(28)5;1-3-4-2;1-3-2;2*1-2-3;2*1-2;/h10,15-20,22,27H,1,11-14,21H2,2-9H3;3-4H2,1-2H3;3H,1H2,2H3;3H,2H2,1H3;2H,1H3;2*1-2H3;1H4/b24-19+,29-20+,38-33?;;;;;;;. The fourth-order valence-corrected chi connectivity index (χ4v) is 5.13. The molecule has 1 N–H and O–H groups in total. The van der Waals surface area contributed by atoms with E-state index >= 15 is 4.39 Å². The van der Waals surface area contributed by atoms with Crippen LogP contribution in [0.3, 0.4) is 0 Å². The molecule has 0 radical (unpaired) electrons. The SMILES string of the molecule is C.C=CC.C=CN=C(/C=C(\C)C(C)(C)F)c1cc(C(C)(C)F)ccc1/C(=C/C1CCCC1)Cc1ccc(C)c(C)c1C.CC.CC.CC=O.CCCC.CCO. The number of halogens is 2. The number of hydrogen-bond donors (Lipinski definition) is 1. The summed E-state index contributed by atoms with van der Waals surface area (Å²) in [7, 11) is 0. The number of rotatable bonds is 10. The predicted octanol–water partition coefficient (Wildman–Crippen LogP) is 16.2. The van der Waals surface area contributed by atoms with Gasteiger partial charge in [-0.1, -0.05) is 118 Å². The second-order valence-corrected chi connectivity index (χ2v) is 13.9. The Labute approximate surface area is 346 Å². The lowest BCUT2D eigenvalue weighted by Crippen LogP contribution is -2.16. The number of aryl methyl sites for hydroxylation is 1. The molecule has 0 amide bonds. The average Bonchev–Trinajstić information content (AvgIpc) is 3.66. The fraction of sp³-hybridized carbons (Fsp3) is 0.569. The van der Waals surface area contributed by atoms with E-state index in [-0.39, 0.29) is 14.0 Å². The molecule has 5 heteroatoms. The van der Waals surface area contributed by atoms with Crippen molar-refractivity contribution >= 4 is 17.6 Å². The molecule has 0 atom stereocenters. The van der Waals surface area contributed by atoms with Crippen molar-refractivity contribution < 1.29 is 18.7 Å². The van der Waals surface area contributed by atoms with E-state index in [4.69, 9.17) is 9.90 Å². The monoisotopic (exact) mass is 784 g/mol. The van der Waals surface area contributed by atoms with Crippen molar-refractivity contribution in [3.8, 4) is 0 Å². The van der Waals surface area contributed by atoms with Gasteiger partial charge < -0.3 is 9.90 Å². The van der Waals surface area contributed by atoms with Crippen LogP contribution in [0.4, 0.5) is 8.78 Å². The summed E-state index contributed by atoms with van der Waals surface area (Å²) >= 11 is 0. The van der Waals surface area contributed by atoms with Crippen molar-refractivity contribution in [2.75, 3.05) is 6.61 Å². The third-order valence-electron chi connectivity index (χ3n) is 8.74. The first kappa shape index (κ1) is 61.8. The van der Waals surface area contributed by atoms with Crippen LogP contribution in [0, 0.1) is 26.7 Å². The molecule has 56 heavy (non-hydrogen) atoms. The predicted molar refractivity (Wildman–Crippen MR) is 251 cm³/mol. The van der Waals surface area contributed by atoms with Crippen molar-refractivity contribution in [2.24, 2.45) is 10.9 Å². The van der Waals surface area contributed by atoms with Gasteiger partial charge in [0.05, 0.1) is 5.71 Å². The Bertz CT molecular complexity index is 1400. The van der Waals surface area contributed by atoms with Gasteiger partial charge >= 0.3 is 0 Å². The summed E-state index contributed by atoms with van der Waals surface area (Å²) in [6, 6.07) is 10.2. The van der Waals surface area contributed by atoms with Crippen LogP contribution in [0.1, 0.15) is 182 Å². The van der Waals surface area contributed by atoms with Gasteiger partial charge in [0, 0.05) is 18.4 Å². The molecule has 0 aromatic heterocycles. The second-order valence-electron chi connectivity index (χ2n) is 13.9. The number of hydrogen-bond acceptors (Lipinski definition) is 3. The maximum Gasteiger partial charge on any atom is 0.130 e. The molecule has 0 spiro atoms. The van der Waals surface area contributed by atoms with E-state index in [0.717, 1.165) is 23.8 Å². The number of benzene rings is 2. The van der Waals surface area contributed by atoms with E-state index in [1.165, 1.54) is 79.5 Å². The molecule has 1 saturated carbocycles. The van der Waals surface area contributed by atoms with Crippen LogP contribution in [-0.4, -0.2) is 29.4 Å². The van der Waals surface area contributed by atoms with Gasteiger partial charge in [-0.15, -0.1) is 6.58 Å². The molecule has 322 valence electrons. The molecule has 3 rings (SSSR count). The molecule has 0 unspecified atom stereocenters. The zero-order chi connectivity index (χ0) is 43.8. The molecule has 3 nitrogen and oxygen atoms in total. The maximum atomic E-state index is 15.2. The summed E-state index contributed by atoms with van der Waals surface area (Å²) in [5, 5.41) is 7.57. The summed E-state index contributed by atoms with van der Waals surface area (Å²) < 4.78 is 30.1. The average molecular weight is 784 g/mol. The van der Waals surface area contributed by atoms with Gasteiger partial charge in [0.15, 0.2) is 0 Å². The zero-order valence-corrected chi connectivity index (χ0v) is 38.5. The van der Waals surface area contributed by atoms with Crippen LogP contribution < -0.4 is 0 Å². The van der Waals surface area contributed by atoms with Gasteiger partial charge in [-0.3, -0.25) is 4.99 Å². The van der Waals surface area contributed by atoms with E-state index in [1.807, 2.05) is 52.8 Å². The Morgan fingerprint density at radius 1 is 0.875 bits per heavy atom. The number of alkyl halides is 2. The largest absolute Gasteiger partial charge is 0.397 e. The lowest BCUT2D eigenvalue weighted by atomic mass is 9.84. The summed E-state index contributed by atoms with van der Waals surface area (Å²) in [6.45, 7) is 39.3. The number of aliphatic imine (C=N–C) groups is 1. The molecule has 1 fully saturated rings. The lowest BCUT2D eigenvalue weighted by Gasteiger charge is -2.22. The maximum absolute atomic E-state index is 15.2. The number of aliphatic hydroxyl groups excluding tert-OH is 1. The number of carbonyl (C=O) groups excluding carboxylic acids is 1. The molecule has 1 aliphatic rings. The normalized spacial score (nSPS) is 12.6. The van der Waals surface area contributed by atoms with Gasteiger partial charge in [-0.05, 0) is 158 Å². The van der Waals surface area contributed by atoms with Crippen LogP contribution >= 0.6 is 0 Å². The fourth-order valence-electron chi connectivity index (χ4n) is 5.13. The number of unbranched alkanes of at least 4 members (excludes halogenated alkanes) is 1. The van der Waals surface area contributed by atoms with Crippen LogP contribution in [-0.2, 0) is 16.9 Å². The first-order valence-corrected chi connectivity index (χ1v) is 20.6. The van der Waals surface area contributed by atoms with Crippen LogP contribution in [0.5, 0.6) is 0 Å². The second kappa shape index (κ2) is 35.9. The number of allylic oxidation sites excluding steroid dienone is 5. The molecule has 2 aromatic carbocycles. The van der Waals surface area contributed by atoms with Crippen LogP contribution in [0.25, 0.3) is 5.57 Å². The minimum absolute atomic E-state index is 0. The summed E-state index contributed by atoms with van der Waals surface area (Å²) in [5.74, 6) is 0.517. The van der Waals surface area contributed by atoms with Crippen molar-refractivity contribution in [1.29, 1.82) is 0 Å². The molecule has 0 saturated heterocycles. The van der Waals surface area contributed by atoms with Gasteiger partial charge in [-0.25, -0.2) is 8.78 Å². The highest BCUT2D eigenvalue weighted by atomic mass is 19.1. The van der Waals surface area contributed by atoms with Crippen molar-refractivity contribution in [1.82, 2.24) is 0 Å². The topological polar surface area (TPSA) is 49.7 Å². The van der Waals surface area contributed by atoms with Gasteiger partial charge in [-0.2, -0.15) is 0 Å². The highest BCUT2D eigenvalue weighted by Crippen LogP contribution is 2.36. The minimum Gasteiger partial charge on any atom is -0.397 e. The smallest absolute Gasteiger partial charge is 0.130 e. The molecular weight excluding hydrogens is 697 g/mol. The highest BCUT2D eigenvalue weighted by molar-refractivity contribution is 6.12. The number of aliphatic hydroxyl groups is 1. The third-order valence-corrected chi connectivity index (χ3v) is 8.74. The van der Waals surface area contributed by atoms with E-state index in [2.05, 4.69) is 71.0 Å². The van der Waals surface area contributed by atoms with Gasteiger partial charge in [0.25, 0.3) is 0 Å². The molecule has 1 aliphatic carbocycles. The van der Waals surface area contributed by atoms with E-state index < -0.39 is 11.3 Å². The first-order valence-electron chi connectivity index (χ1n) is 20.6. The Morgan fingerprint density at radius 2 is 1.34 bits per heavy atom. The van der Waals surface area contributed by atoms with E-state index in [9.17, 15) is 4.39 Å². The first-order chi connectivity index (χ1) is 25.9. The summed E-state index contributed by atoms with van der Waals surface area (Å²) in [6.07, 6.45) is 16.5. The van der Waals surface area contributed by atoms with E-state index in [1.54, 1.807) is 53.7 Å². The number of carbonyl (C=O) groups is 1. The van der Waals surface area contributed by atoms with Crippen molar-refractivity contribution in [2.45, 2.75) is 181 Å². The van der Waals surface area contributed by atoms with Crippen molar-refractivity contribution in [3.05, 3.63) is 112 Å². The molecule has 0 aliphatic heterocycles. The number of nitrogens with zero attached hydrogens (tertiary/aromatic N) is 1. The summed E-state index contributed by atoms with van der Waals surface area (Å²) in [5.41, 5.74) is 6.93. The van der Waals surface area contributed by atoms with Gasteiger partial charge in [0.2, 0.25) is 0 Å². The van der Waals surface area contributed by atoms with Crippen LogP contribution in [0.15, 0.2) is 78.5 Å². The molecule has 0 bridgehead atoms. The quantitative estimate of drug-likeness (QED) is 0.148. The Hall–Kier alpha value is -3.44. The third kappa shape index (κ3) is 25.7.